The molecule has 1 heterocycles. The molecule has 20 heavy (non-hydrogen) atoms. The van der Waals surface area contributed by atoms with Crippen molar-refractivity contribution in [1.82, 2.24) is 10.2 Å². The fourth-order valence-electron chi connectivity index (χ4n) is 2.32. The molecule has 1 fully saturated rings. The largest absolute Gasteiger partial charge is 0.343 e. The summed E-state index contributed by atoms with van der Waals surface area (Å²) in [6, 6.07) is 5.58. The van der Waals surface area contributed by atoms with Crippen molar-refractivity contribution in [2.24, 2.45) is 0 Å². The van der Waals surface area contributed by atoms with Crippen molar-refractivity contribution in [2.45, 2.75) is 26.2 Å². The number of nitrogens with zero attached hydrogens (tertiary/aromatic N) is 1. The topological polar surface area (TPSA) is 49.4 Å². The second-order valence-corrected chi connectivity index (χ2v) is 5.96. The molecule has 5 heteroatoms. The zero-order valence-corrected chi connectivity index (χ0v) is 13.2. The van der Waals surface area contributed by atoms with E-state index in [0.717, 1.165) is 36.0 Å². The van der Waals surface area contributed by atoms with Crippen molar-refractivity contribution in [3.8, 4) is 0 Å². The second kappa shape index (κ2) is 6.88. The Balaban J connectivity index is 1.91. The second-order valence-electron chi connectivity index (χ2n) is 5.11. The molecular weight excluding hydrogens is 320 g/mol. The third-order valence-corrected chi connectivity index (χ3v) is 4.17. The van der Waals surface area contributed by atoms with Gasteiger partial charge < -0.3 is 10.2 Å². The molecule has 1 aromatic rings. The number of halogens is 1. The number of hydrogen-bond donors (Lipinski definition) is 1. The standard InChI is InChI=1S/C15H19BrN2O2/c1-11-5-6-13(16)12(9-11)15(20)17-10-14(19)18-7-3-2-4-8-18/h5-6,9H,2-4,7-8,10H2,1H3,(H,17,20). The van der Waals surface area contributed by atoms with Crippen molar-refractivity contribution in [1.29, 1.82) is 0 Å². The predicted octanol–water partition coefficient (Wildman–Crippen LogP) is 2.50. The highest BCUT2D eigenvalue weighted by Crippen LogP contribution is 2.18. The van der Waals surface area contributed by atoms with Gasteiger partial charge in [-0.15, -0.1) is 0 Å². The van der Waals surface area contributed by atoms with E-state index in [2.05, 4.69) is 21.2 Å². The zero-order valence-electron chi connectivity index (χ0n) is 11.6. The molecule has 0 spiro atoms. The van der Waals surface area contributed by atoms with Crippen LogP contribution in [0.5, 0.6) is 0 Å². The van der Waals surface area contributed by atoms with E-state index in [0.29, 0.717) is 5.56 Å². The van der Waals surface area contributed by atoms with E-state index in [1.807, 2.05) is 30.0 Å². The van der Waals surface area contributed by atoms with Crippen molar-refractivity contribution in [3.05, 3.63) is 33.8 Å². The molecule has 0 aliphatic carbocycles. The molecule has 4 nitrogen and oxygen atoms in total. The van der Waals surface area contributed by atoms with E-state index in [-0.39, 0.29) is 18.4 Å². The Labute approximate surface area is 127 Å². The number of piperidine rings is 1. The number of nitrogens with one attached hydrogen (secondary N) is 1. The van der Waals surface area contributed by atoms with Gasteiger partial charge in [0.1, 0.15) is 0 Å². The Bertz CT molecular complexity index is 511. The average molecular weight is 339 g/mol. The molecule has 1 aliphatic heterocycles. The van der Waals surface area contributed by atoms with Crippen LogP contribution in [0.15, 0.2) is 22.7 Å². The summed E-state index contributed by atoms with van der Waals surface area (Å²) in [4.78, 5) is 25.9. The maximum absolute atomic E-state index is 12.1. The zero-order chi connectivity index (χ0) is 14.5. The molecular formula is C15H19BrN2O2. The van der Waals surface area contributed by atoms with Gasteiger partial charge >= 0.3 is 0 Å². The summed E-state index contributed by atoms with van der Waals surface area (Å²) in [6.45, 7) is 3.62. The maximum Gasteiger partial charge on any atom is 0.252 e. The molecule has 0 atom stereocenters. The van der Waals surface area contributed by atoms with Crippen LogP contribution in [0.2, 0.25) is 0 Å². The Morgan fingerprint density at radius 3 is 2.65 bits per heavy atom. The minimum atomic E-state index is -0.217. The molecule has 2 rings (SSSR count). The highest BCUT2D eigenvalue weighted by Gasteiger charge is 2.18. The van der Waals surface area contributed by atoms with Crippen LogP contribution in [0.3, 0.4) is 0 Å². The van der Waals surface area contributed by atoms with Gasteiger partial charge in [-0.2, -0.15) is 0 Å². The predicted molar refractivity (Wildman–Crippen MR) is 81.6 cm³/mol. The van der Waals surface area contributed by atoms with Gasteiger partial charge in [0.05, 0.1) is 12.1 Å². The first kappa shape index (κ1) is 15.0. The summed E-state index contributed by atoms with van der Waals surface area (Å²) in [5.41, 5.74) is 1.58. The first-order valence-electron chi connectivity index (χ1n) is 6.90. The monoisotopic (exact) mass is 338 g/mol. The van der Waals surface area contributed by atoms with Gasteiger partial charge in [0.2, 0.25) is 5.91 Å². The summed E-state index contributed by atoms with van der Waals surface area (Å²) < 4.78 is 0.742. The van der Waals surface area contributed by atoms with Crippen molar-refractivity contribution >= 4 is 27.7 Å². The number of carbonyl (C=O) groups is 2. The van der Waals surface area contributed by atoms with Gasteiger partial charge in [0, 0.05) is 17.6 Å². The molecule has 108 valence electrons. The Kier molecular flexibility index (Phi) is 5.17. The van der Waals surface area contributed by atoms with Gasteiger partial charge in [0.15, 0.2) is 0 Å². The first-order valence-corrected chi connectivity index (χ1v) is 7.69. The van der Waals surface area contributed by atoms with Gasteiger partial charge in [-0.3, -0.25) is 9.59 Å². The van der Waals surface area contributed by atoms with Crippen LogP contribution in [0.25, 0.3) is 0 Å². The molecule has 0 unspecified atom stereocenters. The van der Waals surface area contributed by atoms with E-state index in [4.69, 9.17) is 0 Å². The van der Waals surface area contributed by atoms with Crippen LogP contribution in [-0.2, 0) is 4.79 Å². The Morgan fingerprint density at radius 2 is 1.95 bits per heavy atom. The number of carbonyl (C=O) groups excluding carboxylic acids is 2. The summed E-state index contributed by atoms with van der Waals surface area (Å²) in [7, 11) is 0. The lowest BCUT2D eigenvalue weighted by atomic mass is 10.1. The normalized spacial score (nSPS) is 15.0. The first-order chi connectivity index (χ1) is 9.58. The van der Waals surface area contributed by atoms with E-state index in [9.17, 15) is 9.59 Å². The molecule has 0 saturated carbocycles. The summed E-state index contributed by atoms with van der Waals surface area (Å²) >= 11 is 3.36. The molecule has 1 aromatic carbocycles. The van der Waals surface area contributed by atoms with Crippen LogP contribution >= 0.6 is 15.9 Å². The van der Waals surface area contributed by atoms with E-state index in [1.165, 1.54) is 6.42 Å². The third kappa shape index (κ3) is 3.82. The Morgan fingerprint density at radius 1 is 1.25 bits per heavy atom. The van der Waals surface area contributed by atoms with Crippen LogP contribution in [-0.4, -0.2) is 36.3 Å². The number of hydrogen-bond acceptors (Lipinski definition) is 2. The highest BCUT2D eigenvalue weighted by atomic mass is 79.9. The molecule has 1 saturated heterocycles. The van der Waals surface area contributed by atoms with Crippen molar-refractivity contribution in [3.63, 3.8) is 0 Å². The highest BCUT2D eigenvalue weighted by molar-refractivity contribution is 9.10. The number of likely N-dealkylation sites (tertiary alicyclic amines) is 1. The van der Waals surface area contributed by atoms with Crippen LogP contribution < -0.4 is 5.32 Å². The molecule has 0 aromatic heterocycles. The lowest BCUT2D eigenvalue weighted by Crippen LogP contribution is -2.42. The van der Waals surface area contributed by atoms with E-state index in [1.54, 1.807) is 0 Å². The minimum Gasteiger partial charge on any atom is -0.343 e. The lowest BCUT2D eigenvalue weighted by Gasteiger charge is -2.26. The molecule has 1 N–H and O–H groups in total. The van der Waals surface area contributed by atoms with Gasteiger partial charge in [0.25, 0.3) is 5.91 Å². The van der Waals surface area contributed by atoms with Crippen LogP contribution in [0.4, 0.5) is 0 Å². The molecule has 0 bridgehead atoms. The number of benzene rings is 1. The van der Waals surface area contributed by atoms with Crippen molar-refractivity contribution in [2.75, 3.05) is 19.6 Å². The van der Waals surface area contributed by atoms with Gasteiger partial charge in [-0.25, -0.2) is 0 Å². The Hall–Kier alpha value is -1.36. The van der Waals surface area contributed by atoms with Gasteiger partial charge in [-0.1, -0.05) is 11.6 Å². The number of amides is 2. The molecule has 1 aliphatic rings. The van der Waals surface area contributed by atoms with Crippen LogP contribution in [0.1, 0.15) is 35.2 Å². The quantitative estimate of drug-likeness (QED) is 0.920. The average Bonchev–Trinajstić information content (AvgIpc) is 2.47. The number of aryl methyl sites for hydroxylation is 1. The smallest absolute Gasteiger partial charge is 0.252 e. The fraction of sp³-hybridized carbons (Fsp3) is 0.467. The summed E-state index contributed by atoms with van der Waals surface area (Å²) in [5.74, 6) is -0.215. The van der Waals surface area contributed by atoms with Gasteiger partial charge in [-0.05, 0) is 54.2 Å². The van der Waals surface area contributed by atoms with Crippen LogP contribution in [0, 0.1) is 6.92 Å². The molecule has 2 amide bonds. The summed E-state index contributed by atoms with van der Waals surface area (Å²) in [6.07, 6.45) is 3.30. The number of rotatable bonds is 3. The summed E-state index contributed by atoms with van der Waals surface area (Å²) in [5, 5.41) is 2.70. The SMILES string of the molecule is Cc1ccc(Br)c(C(=O)NCC(=O)N2CCCCC2)c1. The van der Waals surface area contributed by atoms with Crippen molar-refractivity contribution < 1.29 is 9.59 Å². The van der Waals surface area contributed by atoms with E-state index >= 15 is 0 Å². The third-order valence-electron chi connectivity index (χ3n) is 3.48. The van der Waals surface area contributed by atoms with E-state index < -0.39 is 0 Å². The lowest BCUT2D eigenvalue weighted by molar-refractivity contribution is -0.130. The maximum atomic E-state index is 12.1. The fourth-order valence-corrected chi connectivity index (χ4v) is 2.75. The minimum absolute atomic E-state index is 0.00169. The molecule has 0 radical (unpaired) electrons.